The van der Waals surface area contributed by atoms with E-state index in [-0.39, 0.29) is 5.12 Å². The lowest BCUT2D eigenvalue weighted by Crippen LogP contribution is -1.90. The summed E-state index contributed by atoms with van der Waals surface area (Å²) in [6.07, 6.45) is 0. The van der Waals surface area contributed by atoms with Crippen LogP contribution in [0.3, 0.4) is 0 Å². The van der Waals surface area contributed by atoms with E-state index in [2.05, 4.69) is 30.0 Å². The molecule has 4 rings (SSSR count). The molecule has 0 bridgehead atoms. The van der Waals surface area contributed by atoms with E-state index in [1.54, 1.807) is 7.11 Å². The smallest absolute Gasteiger partial charge is 0.224 e. The number of benzene rings is 3. The Hall–Kier alpha value is -2.44. The van der Waals surface area contributed by atoms with Gasteiger partial charge in [0.2, 0.25) is 5.12 Å². The molecule has 3 aromatic rings. The van der Waals surface area contributed by atoms with Crippen molar-refractivity contribution < 1.29 is 9.53 Å². The molecule has 0 aliphatic carbocycles. The Kier molecular flexibility index (Phi) is 2.88. The van der Waals surface area contributed by atoms with Crippen LogP contribution in [0.15, 0.2) is 41.3 Å². The van der Waals surface area contributed by atoms with Crippen LogP contribution in [0, 0.1) is 11.8 Å². The lowest BCUT2D eigenvalue weighted by atomic mass is 9.98. The summed E-state index contributed by atoms with van der Waals surface area (Å²) in [6.45, 7) is 1.82. The van der Waals surface area contributed by atoms with Crippen molar-refractivity contribution in [3.63, 3.8) is 0 Å². The molecule has 1 aliphatic heterocycles. The van der Waals surface area contributed by atoms with Crippen LogP contribution in [-0.2, 0) is 0 Å². The van der Waals surface area contributed by atoms with Gasteiger partial charge in [0.25, 0.3) is 0 Å². The highest BCUT2D eigenvalue weighted by atomic mass is 32.2. The van der Waals surface area contributed by atoms with Crippen molar-refractivity contribution in [3.8, 4) is 17.6 Å². The van der Waals surface area contributed by atoms with Crippen LogP contribution in [0.2, 0.25) is 0 Å². The number of methoxy groups -OCH3 is 1. The molecular formula is C19H12O2S. The van der Waals surface area contributed by atoms with Crippen LogP contribution in [-0.4, -0.2) is 12.2 Å². The molecule has 0 amide bonds. The number of fused-ring (bicyclic) bond motifs is 2. The SMILES string of the molecule is CC#Cc1ccc2cc3c(OC)ccc4c3c(c2c1)SC4=O. The fraction of sp³-hybridized carbons (Fsp3) is 0.105. The summed E-state index contributed by atoms with van der Waals surface area (Å²) in [6, 6.07) is 12.0. The Morgan fingerprint density at radius 1 is 1.09 bits per heavy atom. The van der Waals surface area contributed by atoms with Crippen LogP contribution in [0.4, 0.5) is 0 Å². The molecule has 1 heterocycles. The highest BCUT2D eigenvalue weighted by Crippen LogP contribution is 2.47. The van der Waals surface area contributed by atoms with Gasteiger partial charge in [0.1, 0.15) is 5.75 Å². The molecule has 2 nitrogen and oxygen atoms in total. The third-order valence-electron chi connectivity index (χ3n) is 3.93. The van der Waals surface area contributed by atoms with E-state index >= 15 is 0 Å². The summed E-state index contributed by atoms with van der Waals surface area (Å²) < 4.78 is 5.47. The standard InChI is InChI=1S/C19H12O2S/c1-3-4-11-5-6-12-10-15-16(21-2)8-7-13-17(15)18(14(12)9-11)22-19(13)20/h5-10H,1-2H3. The monoisotopic (exact) mass is 304 g/mol. The van der Waals surface area contributed by atoms with Crippen molar-refractivity contribution in [2.24, 2.45) is 0 Å². The van der Waals surface area contributed by atoms with Crippen LogP contribution >= 0.6 is 11.8 Å². The predicted octanol–water partition coefficient (Wildman–Crippen LogP) is 4.62. The average Bonchev–Trinajstić information content (AvgIpc) is 2.87. The zero-order valence-corrected chi connectivity index (χ0v) is 13.0. The van der Waals surface area contributed by atoms with Crippen LogP contribution in [0.25, 0.3) is 21.5 Å². The fourth-order valence-corrected chi connectivity index (χ4v) is 4.06. The second-order valence-corrected chi connectivity index (χ2v) is 6.13. The molecule has 0 unspecified atom stereocenters. The van der Waals surface area contributed by atoms with Gasteiger partial charge in [0.05, 0.1) is 7.11 Å². The molecule has 1 aliphatic rings. The van der Waals surface area contributed by atoms with E-state index < -0.39 is 0 Å². The van der Waals surface area contributed by atoms with Crippen LogP contribution < -0.4 is 4.74 Å². The number of hydrogen-bond acceptors (Lipinski definition) is 3. The van der Waals surface area contributed by atoms with E-state index in [1.807, 2.05) is 25.1 Å². The maximum Gasteiger partial charge on any atom is 0.224 e. The topological polar surface area (TPSA) is 26.3 Å². The molecule has 22 heavy (non-hydrogen) atoms. The molecule has 3 heteroatoms. The molecule has 3 aromatic carbocycles. The number of carbonyl (C=O) groups is 1. The first-order valence-electron chi connectivity index (χ1n) is 6.95. The van der Waals surface area contributed by atoms with Gasteiger partial charge in [-0.2, -0.15) is 0 Å². The molecule has 0 N–H and O–H groups in total. The zero-order chi connectivity index (χ0) is 15.3. The first kappa shape index (κ1) is 13.2. The molecule has 0 saturated carbocycles. The third kappa shape index (κ3) is 1.74. The van der Waals surface area contributed by atoms with E-state index in [4.69, 9.17) is 4.74 Å². The van der Waals surface area contributed by atoms with Gasteiger partial charge in [0, 0.05) is 26.8 Å². The van der Waals surface area contributed by atoms with E-state index in [0.717, 1.165) is 43.3 Å². The van der Waals surface area contributed by atoms with E-state index in [0.29, 0.717) is 0 Å². The summed E-state index contributed by atoms with van der Waals surface area (Å²) >= 11 is 1.30. The average molecular weight is 304 g/mol. The predicted molar refractivity (Wildman–Crippen MR) is 90.7 cm³/mol. The van der Waals surface area contributed by atoms with Crippen molar-refractivity contribution >= 4 is 38.4 Å². The van der Waals surface area contributed by atoms with Gasteiger partial charge in [0.15, 0.2) is 0 Å². The molecule has 0 spiro atoms. The first-order valence-corrected chi connectivity index (χ1v) is 7.77. The summed E-state index contributed by atoms with van der Waals surface area (Å²) in [7, 11) is 1.66. The maximum absolute atomic E-state index is 12.3. The number of rotatable bonds is 1. The second-order valence-electron chi connectivity index (χ2n) is 5.14. The number of carbonyl (C=O) groups excluding carboxylic acids is 1. The summed E-state index contributed by atoms with van der Waals surface area (Å²) in [4.78, 5) is 13.3. The quantitative estimate of drug-likeness (QED) is 0.485. The summed E-state index contributed by atoms with van der Waals surface area (Å²) in [5.74, 6) is 6.80. The van der Waals surface area contributed by atoms with E-state index in [1.165, 1.54) is 11.8 Å². The largest absolute Gasteiger partial charge is 0.496 e. The Morgan fingerprint density at radius 3 is 2.73 bits per heavy atom. The third-order valence-corrected chi connectivity index (χ3v) is 4.97. The van der Waals surface area contributed by atoms with E-state index in [9.17, 15) is 4.79 Å². The van der Waals surface area contributed by atoms with Gasteiger partial charge < -0.3 is 4.74 Å². The van der Waals surface area contributed by atoms with Crippen molar-refractivity contribution in [3.05, 3.63) is 47.5 Å². The lowest BCUT2D eigenvalue weighted by Gasteiger charge is -2.10. The number of ether oxygens (including phenoxy) is 1. The Morgan fingerprint density at radius 2 is 1.95 bits per heavy atom. The summed E-state index contributed by atoms with van der Waals surface area (Å²) in [5, 5.41) is 4.28. The Balaban J connectivity index is 2.19. The molecule has 0 atom stereocenters. The minimum atomic E-state index is 0.0992. The lowest BCUT2D eigenvalue weighted by molar-refractivity contribution is 0.109. The van der Waals surface area contributed by atoms with Gasteiger partial charge in [-0.05, 0) is 59.8 Å². The van der Waals surface area contributed by atoms with Crippen molar-refractivity contribution in [1.29, 1.82) is 0 Å². The maximum atomic E-state index is 12.3. The van der Waals surface area contributed by atoms with Gasteiger partial charge in [-0.25, -0.2) is 0 Å². The van der Waals surface area contributed by atoms with Crippen molar-refractivity contribution in [1.82, 2.24) is 0 Å². The summed E-state index contributed by atoms with van der Waals surface area (Å²) in [5.41, 5.74) is 1.74. The van der Waals surface area contributed by atoms with Crippen LogP contribution in [0.5, 0.6) is 5.75 Å². The minimum Gasteiger partial charge on any atom is -0.496 e. The van der Waals surface area contributed by atoms with Gasteiger partial charge in [-0.15, -0.1) is 5.92 Å². The Labute approximate surface area is 132 Å². The number of thioether (sulfide) groups is 1. The minimum absolute atomic E-state index is 0.0992. The fourth-order valence-electron chi connectivity index (χ4n) is 2.98. The normalized spacial score (nSPS) is 12.5. The zero-order valence-electron chi connectivity index (χ0n) is 12.2. The molecule has 0 aromatic heterocycles. The molecular weight excluding hydrogens is 292 g/mol. The molecule has 0 saturated heterocycles. The van der Waals surface area contributed by atoms with Gasteiger partial charge in [-0.3, -0.25) is 4.79 Å². The Bertz CT molecular complexity index is 1020. The molecule has 106 valence electrons. The number of hydrogen-bond donors (Lipinski definition) is 0. The van der Waals surface area contributed by atoms with Gasteiger partial charge in [-0.1, -0.05) is 12.0 Å². The van der Waals surface area contributed by atoms with Crippen molar-refractivity contribution in [2.75, 3.05) is 7.11 Å². The van der Waals surface area contributed by atoms with Gasteiger partial charge >= 0.3 is 0 Å². The molecule has 0 radical (unpaired) electrons. The van der Waals surface area contributed by atoms with Crippen molar-refractivity contribution in [2.45, 2.75) is 11.8 Å². The molecule has 0 fully saturated rings. The highest BCUT2D eigenvalue weighted by molar-refractivity contribution is 8.15. The second kappa shape index (κ2) is 4.79. The first-order chi connectivity index (χ1) is 10.7. The van der Waals surface area contributed by atoms with Crippen LogP contribution in [0.1, 0.15) is 22.8 Å². The highest BCUT2D eigenvalue weighted by Gasteiger charge is 2.26.